The van der Waals surface area contributed by atoms with Gasteiger partial charge in [0.25, 0.3) is 0 Å². The van der Waals surface area contributed by atoms with Crippen LogP contribution in [0.3, 0.4) is 0 Å². The Bertz CT molecular complexity index is 716. The molecule has 2 saturated heterocycles. The molecule has 0 aromatic heterocycles. The van der Waals surface area contributed by atoms with Gasteiger partial charge in [-0.25, -0.2) is 4.39 Å². The van der Waals surface area contributed by atoms with E-state index in [2.05, 4.69) is 10.6 Å². The Kier molecular flexibility index (Phi) is 5.51. The number of carboxylic acids is 1. The smallest absolute Gasteiger partial charge is 0.317 e. The van der Waals surface area contributed by atoms with Crippen molar-refractivity contribution in [3.63, 3.8) is 0 Å². The van der Waals surface area contributed by atoms with Crippen molar-refractivity contribution in [3.05, 3.63) is 29.6 Å². The number of nitrogens with one attached hydrogen (secondary N) is 2. The van der Waals surface area contributed by atoms with Crippen molar-refractivity contribution in [3.8, 4) is 0 Å². The lowest BCUT2D eigenvalue weighted by atomic mass is 9.89. The summed E-state index contributed by atoms with van der Waals surface area (Å²) in [5.41, 5.74) is 1.12. The van der Waals surface area contributed by atoms with Gasteiger partial charge in [-0.2, -0.15) is 0 Å². The average Bonchev–Trinajstić information content (AvgIpc) is 2.59. The molecule has 8 heteroatoms. The minimum Gasteiger partial charge on any atom is -0.480 e. The molecule has 3 rings (SSSR count). The number of hydrogen-bond acceptors (Lipinski definition) is 5. The van der Waals surface area contributed by atoms with Gasteiger partial charge in [0.2, 0.25) is 11.8 Å². The number of benzene rings is 1. The summed E-state index contributed by atoms with van der Waals surface area (Å²) in [6, 6.07) is 4.32. The van der Waals surface area contributed by atoms with E-state index in [1.807, 2.05) is 11.0 Å². The number of piperidine rings is 2. The molecule has 140 valence electrons. The summed E-state index contributed by atoms with van der Waals surface area (Å²) in [7, 11) is 0. The molecule has 26 heavy (non-hydrogen) atoms. The Labute approximate surface area is 150 Å². The second-order valence-electron chi connectivity index (χ2n) is 6.83. The van der Waals surface area contributed by atoms with Crippen LogP contribution >= 0.6 is 0 Å². The Hall–Kier alpha value is -2.48. The van der Waals surface area contributed by atoms with E-state index in [4.69, 9.17) is 5.11 Å². The van der Waals surface area contributed by atoms with Crippen LogP contribution in [0.25, 0.3) is 0 Å². The maximum absolute atomic E-state index is 14.5. The van der Waals surface area contributed by atoms with Crippen LogP contribution in [0, 0.1) is 5.82 Å². The zero-order valence-corrected chi connectivity index (χ0v) is 14.3. The third kappa shape index (κ3) is 4.37. The molecule has 0 bridgehead atoms. The van der Waals surface area contributed by atoms with Crippen LogP contribution in [0.2, 0.25) is 0 Å². The van der Waals surface area contributed by atoms with E-state index >= 15 is 0 Å². The van der Waals surface area contributed by atoms with Gasteiger partial charge >= 0.3 is 5.97 Å². The second-order valence-corrected chi connectivity index (χ2v) is 6.83. The van der Waals surface area contributed by atoms with Crippen molar-refractivity contribution in [1.29, 1.82) is 0 Å². The summed E-state index contributed by atoms with van der Waals surface area (Å²) in [4.78, 5) is 35.6. The fourth-order valence-electron chi connectivity index (χ4n) is 3.54. The van der Waals surface area contributed by atoms with Gasteiger partial charge in [-0.1, -0.05) is 6.07 Å². The molecule has 1 unspecified atom stereocenters. The van der Waals surface area contributed by atoms with Crippen molar-refractivity contribution in [2.45, 2.75) is 37.6 Å². The van der Waals surface area contributed by atoms with Gasteiger partial charge < -0.3 is 10.4 Å². The first-order valence-electron chi connectivity index (χ1n) is 8.76. The molecule has 0 saturated carbocycles. The molecular formula is C18H22FN3O4. The van der Waals surface area contributed by atoms with Gasteiger partial charge in [0, 0.05) is 6.42 Å². The molecule has 0 aliphatic carbocycles. The maximum atomic E-state index is 14.5. The van der Waals surface area contributed by atoms with E-state index in [0.717, 1.165) is 18.4 Å². The number of carbonyl (C=O) groups is 3. The zero-order chi connectivity index (χ0) is 18.7. The van der Waals surface area contributed by atoms with Crippen molar-refractivity contribution in [2.75, 3.05) is 25.0 Å². The first kappa shape index (κ1) is 18.3. The number of likely N-dealkylation sites (tertiary alicyclic amines) is 1. The van der Waals surface area contributed by atoms with Gasteiger partial charge in [-0.15, -0.1) is 0 Å². The lowest BCUT2D eigenvalue weighted by Crippen LogP contribution is -2.47. The predicted octanol–water partition coefficient (Wildman–Crippen LogP) is 1.31. The summed E-state index contributed by atoms with van der Waals surface area (Å²) >= 11 is 0. The van der Waals surface area contributed by atoms with Crippen molar-refractivity contribution in [2.24, 2.45) is 0 Å². The largest absolute Gasteiger partial charge is 0.480 e. The molecule has 2 heterocycles. The summed E-state index contributed by atoms with van der Waals surface area (Å²) in [6.07, 6.45) is 2.14. The van der Waals surface area contributed by atoms with Crippen LogP contribution in [-0.2, 0) is 14.4 Å². The lowest BCUT2D eigenvalue weighted by Gasteiger charge is -2.31. The van der Waals surface area contributed by atoms with Gasteiger partial charge in [0.15, 0.2) is 0 Å². The topological polar surface area (TPSA) is 98.7 Å². The van der Waals surface area contributed by atoms with E-state index in [1.54, 1.807) is 6.07 Å². The molecule has 3 N–H and O–H groups in total. The normalized spacial score (nSPS) is 22.1. The monoisotopic (exact) mass is 363 g/mol. The molecule has 7 nitrogen and oxygen atoms in total. The van der Waals surface area contributed by atoms with E-state index in [0.29, 0.717) is 19.5 Å². The SMILES string of the molecule is O=C(O)CN1CCC(c2ccc(NC3CCC(=O)NC3=O)c(F)c2)CC1. The molecule has 1 aromatic carbocycles. The Morgan fingerprint density at radius 2 is 2.00 bits per heavy atom. The van der Waals surface area contributed by atoms with Gasteiger partial charge in [-0.05, 0) is 56.0 Å². The van der Waals surface area contributed by atoms with E-state index in [-0.39, 0.29) is 30.5 Å². The summed E-state index contributed by atoms with van der Waals surface area (Å²) in [5, 5.41) is 13.9. The highest BCUT2D eigenvalue weighted by Crippen LogP contribution is 2.30. The number of rotatable bonds is 5. The fraction of sp³-hybridized carbons (Fsp3) is 0.500. The Balaban J connectivity index is 1.60. The Morgan fingerprint density at radius 1 is 1.27 bits per heavy atom. The molecular weight excluding hydrogens is 341 g/mol. The number of carboxylic acid groups (broad SMARTS) is 1. The first-order valence-corrected chi connectivity index (χ1v) is 8.76. The third-order valence-electron chi connectivity index (χ3n) is 4.98. The van der Waals surface area contributed by atoms with Crippen LogP contribution in [0.4, 0.5) is 10.1 Å². The second kappa shape index (κ2) is 7.82. The van der Waals surface area contributed by atoms with Crippen LogP contribution in [0.1, 0.15) is 37.2 Å². The highest BCUT2D eigenvalue weighted by Gasteiger charge is 2.27. The molecule has 2 fully saturated rings. The molecule has 2 amide bonds. The number of nitrogens with zero attached hydrogens (tertiary/aromatic N) is 1. The highest BCUT2D eigenvalue weighted by molar-refractivity contribution is 6.01. The third-order valence-corrected chi connectivity index (χ3v) is 4.98. The minimum absolute atomic E-state index is 0.0376. The van der Waals surface area contributed by atoms with Crippen molar-refractivity contribution in [1.82, 2.24) is 10.2 Å². The van der Waals surface area contributed by atoms with Crippen LogP contribution in [0.15, 0.2) is 18.2 Å². The number of halogens is 1. The predicted molar refractivity (Wildman–Crippen MR) is 92.2 cm³/mol. The zero-order valence-electron chi connectivity index (χ0n) is 14.3. The number of imide groups is 1. The maximum Gasteiger partial charge on any atom is 0.317 e. The fourth-order valence-corrected chi connectivity index (χ4v) is 3.54. The van der Waals surface area contributed by atoms with Gasteiger partial charge in [-0.3, -0.25) is 24.6 Å². The molecule has 0 radical (unpaired) electrons. The van der Waals surface area contributed by atoms with Crippen molar-refractivity contribution >= 4 is 23.5 Å². The average molecular weight is 363 g/mol. The molecule has 2 aliphatic rings. The van der Waals surface area contributed by atoms with Crippen molar-refractivity contribution < 1.29 is 23.9 Å². The number of aliphatic carboxylic acids is 1. The number of amides is 2. The van der Waals surface area contributed by atoms with Crippen LogP contribution < -0.4 is 10.6 Å². The van der Waals surface area contributed by atoms with Gasteiger partial charge in [0.1, 0.15) is 11.9 Å². The highest BCUT2D eigenvalue weighted by atomic mass is 19.1. The van der Waals surface area contributed by atoms with Gasteiger partial charge in [0.05, 0.1) is 12.2 Å². The Morgan fingerprint density at radius 3 is 2.62 bits per heavy atom. The standard InChI is InChI=1S/C18H22FN3O4/c19-13-9-12(11-5-7-22(8-6-11)10-17(24)25)1-2-14(13)20-15-3-4-16(23)21-18(15)26/h1-2,9,11,15,20H,3-8,10H2,(H,24,25)(H,21,23,26). The van der Waals surface area contributed by atoms with Crippen LogP contribution in [0.5, 0.6) is 0 Å². The number of anilines is 1. The quantitative estimate of drug-likeness (QED) is 0.682. The van der Waals surface area contributed by atoms with Crippen LogP contribution in [-0.4, -0.2) is 53.5 Å². The summed E-state index contributed by atoms with van der Waals surface area (Å²) < 4.78 is 14.5. The van der Waals surface area contributed by atoms with E-state index < -0.39 is 23.7 Å². The molecule has 1 atom stereocenters. The molecule has 0 spiro atoms. The first-order chi connectivity index (χ1) is 12.4. The van der Waals surface area contributed by atoms with E-state index in [1.165, 1.54) is 6.07 Å². The minimum atomic E-state index is -0.835. The summed E-state index contributed by atoms with van der Waals surface area (Å²) in [5.74, 6) is -1.81. The number of hydrogen-bond donors (Lipinski definition) is 3. The van der Waals surface area contributed by atoms with E-state index in [9.17, 15) is 18.8 Å². The lowest BCUT2D eigenvalue weighted by molar-refractivity contribution is -0.138. The summed E-state index contributed by atoms with van der Waals surface area (Å²) in [6.45, 7) is 1.39. The number of carbonyl (C=O) groups excluding carboxylic acids is 2. The molecule has 2 aliphatic heterocycles. The molecule has 1 aromatic rings.